The van der Waals surface area contributed by atoms with Crippen molar-refractivity contribution in [2.75, 3.05) is 6.54 Å². The number of carbonyl (C=O) groups excluding carboxylic acids is 2. The van der Waals surface area contributed by atoms with Crippen LogP contribution in [0.5, 0.6) is 0 Å². The van der Waals surface area contributed by atoms with Crippen LogP contribution >= 0.6 is 0 Å². The van der Waals surface area contributed by atoms with Gasteiger partial charge in [0.1, 0.15) is 5.82 Å². The van der Waals surface area contributed by atoms with E-state index >= 15 is 0 Å². The summed E-state index contributed by atoms with van der Waals surface area (Å²) in [6.07, 6.45) is 2.02. The molecule has 0 radical (unpaired) electrons. The van der Waals surface area contributed by atoms with Crippen molar-refractivity contribution in [3.05, 3.63) is 35.6 Å². The fraction of sp³-hybridized carbons (Fsp3) is 0.385. The Bertz CT molecular complexity index is 462. The van der Waals surface area contributed by atoms with E-state index in [2.05, 4.69) is 10.6 Å². The molecule has 0 aliphatic carbocycles. The molecule has 4 nitrogen and oxygen atoms in total. The number of hydrogen-bond acceptors (Lipinski definition) is 2. The van der Waals surface area contributed by atoms with E-state index in [0.717, 1.165) is 6.42 Å². The molecule has 1 heterocycles. The van der Waals surface area contributed by atoms with Crippen molar-refractivity contribution in [3.63, 3.8) is 0 Å². The average Bonchev–Trinajstić information content (AvgIpc) is 2.75. The molecule has 2 amide bonds. The van der Waals surface area contributed by atoms with E-state index in [0.29, 0.717) is 19.4 Å². The highest BCUT2D eigenvalue weighted by Gasteiger charge is 2.20. The second kappa shape index (κ2) is 5.62. The summed E-state index contributed by atoms with van der Waals surface area (Å²) in [4.78, 5) is 22.6. The minimum atomic E-state index is -0.524. The lowest BCUT2D eigenvalue weighted by Crippen LogP contribution is -2.32. The Morgan fingerprint density at radius 3 is 2.89 bits per heavy atom. The minimum absolute atomic E-state index is 0.0490. The van der Waals surface area contributed by atoms with Gasteiger partial charge in [-0.15, -0.1) is 0 Å². The summed E-state index contributed by atoms with van der Waals surface area (Å²) < 4.78 is 13.3. The van der Waals surface area contributed by atoms with Gasteiger partial charge in [-0.2, -0.15) is 0 Å². The van der Waals surface area contributed by atoms with Gasteiger partial charge in [0.2, 0.25) is 5.91 Å². The Balaban J connectivity index is 1.79. The second-order valence-electron chi connectivity index (χ2n) is 4.33. The molecule has 1 aliphatic rings. The van der Waals surface area contributed by atoms with Crippen molar-refractivity contribution in [3.8, 4) is 0 Å². The van der Waals surface area contributed by atoms with Gasteiger partial charge in [-0.25, -0.2) is 4.39 Å². The first-order chi connectivity index (χ1) is 8.66. The van der Waals surface area contributed by atoms with Crippen molar-refractivity contribution in [2.45, 2.75) is 25.3 Å². The molecule has 1 saturated heterocycles. The summed E-state index contributed by atoms with van der Waals surface area (Å²) in [5.41, 5.74) is 0.0490. The topological polar surface area (TPSA) is 58.2 Å². The second-order valence-corrected chi connectivity index (χ2v) is 4.33. The van der Waals surface area contributed by atoms with E-state index in [1.165, 1.54) is 12.1 Å². The highest BCUT2D eigenvalue weighted by molar-refractivity contribution is 5.94. The van der Waals surface area contributed by atoms with Gasteiger partial charge in [-0.05, 0) is 25.0 Å². The van der Waals surface area contributed by atoms with Crippen LogP contribution in [0.25, 0.3) is 0 Å². The fourth-order valence-corrected chi connectivity index (χ4v) is 1.99. The first kappa shape index (κ1) is 12.5. The van der Waals surface area contributed by atoms with Gasteiger partial charge in [-0.3, -0.25) is 9.59 Å². The molecule has 1 aliphatic heterocycles. The Labute approximate surface area is 105 Å². The van der Waals surface area contributed by atoms with Crippen molar-refractivity contribution in [2.24, 2.45) is 0 Å². The first-order valence-electron chi connectivity index (χ1n) is 5.99. The van der Waals surface area contributed by atoms with Crippen LogP contribution in [0.1, 0.15) is 29.6 Å². The van der Waals surface area contributed by atoms with E-state index in [1.54, 1.807) is 12.1 Å². The lowest BCUT2D eigenvalue weighted by Gasteiger charge is -2.10. The number of rotatable bonds is 4. The van der Waals surface area contributed by atoms with Crippen LogP contribution in [0.4, 0.5) is 4.39 Å². The van der Waals surface area contributed by atoms with Crippen molar-refractivity contribution in [1.29, 1.82) is 0 Å². The Kier molecular flexibility index (Phi) is 3.92. The lowest BCUT2D eigenvalue weighted by atomic mass is 10.1. The van der Waals surface area contributed by atoms with Gasteiger partial charge in [0.15, 0.2) is 0 Å². The summed E-state index contributed by atoms with van der Waals surface area (Å²) >= 11 is 0. The normalized spacial score (nSPS) is 18.5. The summed E-state index contributed by atoms with van der Waals surface area (Å²) in [5.74, 6) is -0.887. The maximum Gasteiger partial charge on any atom is 0.254 e. The molecule has 18 heavy (non-hydrogen) atoms. The van der Waals surface area contributed by atoms with Crippen molar-refractivity contribution < 1.29 is 14.0 Å². The van der Waals surface area contributed by atoms with E-state index in [4.69, 9.17) is 0 Å². The molecule has 1 fully saturated rings. The largest absolute Gasteiger partial charge is 0.353 e. The Morgan fingerprint density at radius 2 is 2.22 bits per heavy atom. The molecule has 0 bridgehead atoms. The van der Waals surface area contributed by atoms with E-state index < -0.39 is 11.7 Å². The smallest absolute Gasteiger partial charge is 0.254 e. The predicted octanol–water partition coefficient (Wildman–Crippen LogP) is 1.22. The van der Waals surface area contributed by atoms with E-state index in [-0.39, 0.29) is 17.5 Å². The zero-order valence-corrected chi connectivity index (χ0v) is 9.91. The number of benzene rings is 1. The standard InChI is InChI=1S/C13H15FN2O2/c14-11-4-2-1-3-10(11)13(18)15-8-7-9-5-6-12(17)16-9/h1-4,9H,5-8H2,(H,15,18)(H,16,17). The molecular formula is C13H15FN2O2. The van der Waals surface area contributed by atoms with Gasteiger partial charge in [0, 0.05) is 19.0 Å². The predicted molar refractivity (Wildman–Crippen MR) is 64.5 cm³/mol. The number of amides is 2. The van der Waals surface area contributed by atoms with Gasteiger partial charge < -0.3 is 10.6 Å². The Morgan fingerprint density at radius 1 is 1.44 bits per heavy atom. The molecular weight excluding hydrogens is 235 g/mol. The molecule has 0 spiro atoms. The molecule has 0 aromatic heterocycles. The quantitative estimate of drug-likeness (QED) is 0.844. The summed E-state index contributed by atoms with van der Waals surface area (Å²) in [6, 6.07) is 5.99. The van der Waals surface area contributed by atoms with Gasteiger partial charge >= 0.3 is 0 Å². The van der Waals surface area contributed by atoms with Crippen LogP contribution in [0, 0.1) is 5.82 Å². The molecule has 1 unspecified atom stereocenters. The van der Waals surface area contributed by atoms with Crippen molar-refractivity contribution in [1.82, 2.24) is 10.6 Å². The summed E-state index contributed by atoms with van der Waals surface area (Å²) in [6.45, 7) is 0.429. The zero-order valence-electron chi connectivity index (χ0n) is 9.91. The SMILES string of the molecule is O=C1CCC(CCNC(=O)c2ccccc2F)N1. The monoisotopic (exact) mass is 250 g/mol. The molecule has 1 aromatic rings. The van der Waals surface area contributed by atoms with Crippen LogP contribution in [0.2, 0.25) is 0 Å². The minimum Gasteiger partial charge on any atom is -0.353 e. The highest BCUT2D eigenvalue weighted by atomic mass is 19.1. The molecule has 5 heteroatoms. The molecule has 2 rings (SSSR count). The fourth-order valence-electron chi connectivity index (χ4n) is 1.99. The molecule has 2 N–H and O–H groups in total. The lowest BCUT2D eigenvalue weighted by molar-refractivity contribution is -0.119. The number of carbonyl (C=O) groups is 2. The third kappa shape index (κ3) is 3.06. The van der Waals surface area contributed by atoms with Gasteiger partial charge in [-0.1, -0.05) is 12.1 Å². The maximum atomic E-state index is 13.3. The molecule has 0 saturated carbocycles. The zero-order chi connectivity index (χ0) is 13.0. The maximum absolute atomic E-state index is 13.3. The van der Waals surface area contributed by atoms with Crippen LogP contribution in [0.15, 0.2) is 24.3 Å². The highest BCUT2D eigenvalue weighted by Crippen LogP contribution is 2.10. The molecule has 1 atom stereocenters. The first-order valence-corrected chi connectivity index (χ1v) is 5.99. The average molecular weight is 250 g/mol. The Hall–Kier alpha value is -1.91. The van der Waals surface area contributed by atoms with E-state index in [1.807, 2.05) is 0 Å². The third-order valence-corrected chi connectivity index (χ3v) is 2.98. The summed E-state index contributed by atoms with van der Waals surface area (Å²) in [7, 11) is 0. The summed E-state index contributed by atoms with van der Waals surface area (Å²) in [5, 5.41) is 5.47. The molecule has 1 aromatic carbocycles. The molecule has 96 valence electrons. The van der Waals surface area contributed by atoms with Gasteiger partial charge in [0.05, 0.1) is 5.56 Å². The number of halogens is 1. The van der Waals surface area contributed by atoms with Crippen LogP contribution in [-0.2, 0) is 4.79 Å². The van der Waals surface area contributed by atoms with Crippen LogP contribution in [0.3, 0.4) is 0 Å². The third-order valence-electron chi connectivity index (χ3n) is 2.98. The van der Waals surface area contributed by atoms with Crippen molar-refractivity contribution >= 4 is 11.8 Å². The van der Waals surface area contributed by atoms with Crippen LogP contribution in [-0.4, -0.2) is 24.4 Å². The number of nitrogens with one attached hydrogen (secondary N) is 2. The van der Waals surface area contributed by atoms with Crippen LogP contribution < -0.4 is 10.6 Å². The van der Waals surface area contributed by atoms with E-state index in [9.17, 15) is 14.0 Å². The van der Waals surface area contributed by atoms with Gasteiger partial charge in [0.25, 0.3) is 5.91 Å². The number of hydrogen-bond donors (Lipinski definition) is 2.